The molecule has 0 fully saturated rings. The third-order valence-corrected chi connectivity index (χ3v) is 3.67. The van der Waals surface area contributed by atoms with Crippen molar-refractivity contribution in [3.05, 3.63) is 63.7 Å². The van der Waals surface area contributed by atoms with Gasteiger partial charge in [0.25, 0.3) is 5.56 Å². The molecule has 0 N–H and O–H groups in total. The maximum absolute atomic E-state index is 12.2. The van der Waals surface area contributed by atoms with E-state index >= 15 is 0 Å². The Morgan fingerprint density at radius 2 is 1.81 bits per heavy atom. The molecular formula is C16H16N4O. The Morgan fingerprint density at radius 1 is 1.05 bits per heavy atom. The Hall–Kier alpha value is -2.56. The van der Waals surface area contributed by atoms with E-state index in [-0.39, 0.29) is 5.56 Å². The average Bonchev–Trinajstić information content (AvgIpc) is 2.48. The summed E-state index contributed by atoms with van der Waals surface area (Å²) in [6.45, 7) is 5.90. The third kappa shape index (κ3) is 2.42. The first-order valence-electron chi connectivity index (χ1n) is 6.81. The molecule has 0 unspecified atom stereocenters. The van der Waals surface area contributed by atoms with E-state index < -0.39 is 0 Å². The highest BCUT2D eigenvalue weighted by Gasteiger charge is 2.08. The molecule has 5 heteroatoms. The summed E-state index contributed by atoms with van der Waals surface area (Å²) in [5, 5.41) is 1.03. The summed E-state index contributed by atoms with van der Waals surface area (Å²) in [4.78, 5) is 25.5. The van der Waals surface area contributed by atoms with E-state index in [1.807, 2.05) is 38.1 Å². The van der Waals surface area contributed by atoms with Gasteiger partial charge in [-0.2, -0.15) is 0 Å². The van der Waals surface area contributed by atoms with Crippen molar-refractivity contribution >= 4 is 10.9 Å². The van der Waals surface area contributed by atoms with E-state index in [2.05, 4.69) is 15.0 Å². The van der Waals surface area contributed by atoms with Crippen LogP contribution in [0.2, 0.25) is 0 Å². The minimum atomic E-state index is -0.0445. The highest BCUT2D eigenvalue weighted by atomic mass is 16.1. The fourth-order valence-corrected chi connectivity index (χ4v) is 2.31. The van der Waals surface area contributed by atoms with Crippen LogP contribution in [0.15, 0.2) is 35.4 Å². The van der Waals surface area contributed by atoms with Gasteiger partial charge in [0.05, 0.1) is 18.4 Å². The lowest BCUT2D eigenvalue weighted by Gasteiger charge is -2.08. The lowest BCUT2D eigenvalue weighted by Crippen LogP contribution is -2.25. The standard InChI is InChI=1S/C16H16N4O/c1-10-11(2)17-9-20(16(10)21)8-15-18-12(3)13-6-4-5-7-14(13)19-15/h4-7,9H,8H2,1-3H3. The second-order valence-corrected chi connectivity index (χ2v) is 5.13. The first kappa shape index (κ1) is 13.4. The van der Waals surface area contributed by atoms with Crippen molar-refractivity contribution in [3.63, 3.8) is 0 Å². The summed E-state index contributed by atoms with van der Waals surface area (Å²) < 4.78 is 1.55. The van der Waals surface area contributed by atoms with Gasteiger partial charge in [0, 0.05) is 22.3 Å². The highest BCUT2D eigenvalue weighted by Crippen LogP contribution is 2.14. The maximum Gasteiger partial charge on any atom is 0.256 e. The molecule has 0 aliphatic heterocycles. The Labute approximate surface area is 122 Å². The van der Waals surface area contributed by atoms with Crippen LogP contribution in [0.4, 0.5) is 0 Å². The molecule has 5 nitrogen and oxygen atoms in total. The number of para-hydroxylation sites is 1. The summed E-state index contributed by atoms with van der Waals surface area (Å²) >= 11 is 0. The molecular weight excluding hydrogens is 264 g/mol. The van der Waals surface area contributed by atoms with Crippen molar-refractivity contribution in [1.29, 1.82) is 0 Å². The maximum atomic E-state index is 12.2. The summed E-state index contributed by atoms with van der Waals surface area (Å²) in [7, 11) is 0. The summed E-state index contributed by atoms with van der Waals surface area (Å²) in [6, 6.07) is 7.87. The van der Waals surface area contributed by atoms with Crippen LogP contribution in [0.3, 0.4) is 0 Å². The Balaban J connectivity index is 2.07. The summed E-state index contributed by atoms with van der Waals surface area (Å²) in [5.74, 6) is 0.623. The average molecular weight is 280 g/mol. The Bertz CT molecular complexity index is 883. The number of hydrogen-bond donors (Lipinski definition) is 0. The second-order valence-electron chi connectivity index (χ2n) is 5.13. The van der Waals surface area contributed by atoms with E-state index in [9.17, 15) is 4.79 Å². The minimum absolute atomic E-state index is 0.0445. The quantitative estimate of drug-likeness (QED) is 0.721. The zero-order valence-corrected chi connectivity index (χ0v) is 12.3. The summed E-state index contributed by atoms with van der Waals surface area (Å²) in [5.41, 5.74) is 3.18. The Morgan fingerprint density at radius 3 is 2.62 bits per heavy atom. The lowest BCUT2D eigenvalue weighted by atomic mass is 10.2. The molecule has 0 atom stereocenters. The number of rotatable bonds is 2. The van der Waals surface area contributed by atoms with Crippen LogP contribution in [0.1, 0.15) is 22.8 Å². The van der Waals surface area contributed by atoms with Gasteiger partial charge in [-0.05, 0) is 26.8 Å². The van der Waals surface area contributed by atoms with E-state index in [1.54, 1.807) is 17.8 Å². The third-order valence-electron chi connectivity index (χ3n) is 3.67. The fourth-order valence-electron chi connectivity index (χ4n) is 2.31. The van der Waals surface area contributed by atoms with Crippen molar-refractivity contribution < 1.29 is 0 Å². The highest BCUT2D eigenvalue weighted by molar-refractivity contribution is 5.80. The van der Waals surface area contributed by atoms with Crippen LogP contribution in [0, 0.1) is 20.8 Å². The molecule has 0 saturated carbocycles. The number of nitrogens with zero attached hydrogens (tertiary/aromatic N) is 4. The van der Waals surface area contributed by atoms with Crippen LogP contribution in [-0.4, -0.2) is 19.5 Å². The van der Waals surface area contributed by atoms with Crippen LogP contribution in [0.25, 0.3) is 10.9 Å². The SMILES string of the molecule is Cc1ncn(Cc2nc(C)c3ccccc3n2)c(=O)c1C. The molecule has 2 heterocycles. The topological polar surface area (TPSA) is 60.7 Å². The molecule has 0 radical (unpaired) electrons. The van der Waals surface area contributed by atoms with Gasteiger partial charge in [-0.1, -0.05) is 18.2 Å². The molecule has 3 rings (SSSR count). The smallest absolute Gasteiger partial charge is 0.256 e. The zero-order valence-electron chi connectivity index (χ0n) is 12.3. The molecule has 1 aromatic carbocycles. The van der Waals surface area contributed by atoms with E-state index in [0.29, 0.717) is 17.9 Å². The van der Waals surface area contributed by atoms with Crippen LogP contribution in [0.5, 0.6) is 0 Å². The van der Waals surface area contributed by atoms with Gasteiger partial charge >= 0.3 is 0 Å². The molecule has 0 saturated heterocycles. The van der Waals surface area contributed by atoms with Gasteiger partial charge in [-0.3, -0.25) is 9.36 Å². The van der Waals surface area contributed by atoms with Gasteiger partial charge < -0.3 is 0 Å². The summed E-state index contributed by atoms with van der Waals surface area (Å²) in [6.07, 6.45) is 1.55. The van der Waals surface area contributed by atoms with E-state index in [1.165, 1.54) is 0 Å². The number of aromatic nitrogens is 4. The van der Waals surface area contributed by atoms with Crippen LogP contribution in [-0.2, 0) is 6.54 Å². The molecule has 0 spiro atoms. The predicted molar refractivity (Wildman–Crippen MR) is 81.3 cm³/mol. The largest absolute Gasteiger partial charge is 0.291 e. The number of fused-ring (bicyclic) bond motifs is 1. The molecule has 106 valence electrons. The van der Waals surface area contributed by atoms with Crippen molar-refractivity contribution in [3.8, 4) is 0 Å². The molecule has 2 aromatic heterocycles. The van der Waals surface area contributed by atoms with Gasteiger partial charge in [0.2, 0.25) is 0 Å². The predicted octanol–water partition coefficient (Wildman–Crippen LogP) is 2.16. The van der Waals surface area contributed by atoms with E-state index in [0.717, 1.165) is 22.3 Å². The first-order chi connectivity index (χ1) is 10.1. The molecule has 0 bridgehead atoms. The first-order valence-corrected chi connectivity index (χ1v) is 6.81. The van der Waals surface area contributed by atoms with Gasteiger partial charge in [-0.15, -0.1) is 0 Å². The minimum Gasteiger partial charge on any atom is -0.291 e. The molecule has 0 aliphatic carbocycles. The van der Waals surface area contributed by atoms with Gasteiger partial charge in [-0.25, -0.2) is 15.0 Å². The number of hydrogen-bond acceptors (Lipinski definition) is 4. The second kappa shape index (κ2) is 5.09. The van der Waals surface area contributed by atoms with Crippen LogP contribution >= 0.6 is 0 Å². The molecule has 3 aromatic rings. The van der Waals surface area contributed by atoms with E-state index in [4.69, 9.17) is 0 Å². The number of aryl methyl sites for hydroxylation is 2. The fraction of sp³-hybridized carbons (Fsp3) is 0.250. The van der Waals surface area contributed by atoms with Crippen molar-refractivity contribution in [2.75, 3.05) is 0 Å². The normalized spacial score (nSPS) is 11.0. The lowest BCUT2D eigenvalue weighted by molar-refractivity contribution is 0.687. The van der Waals surface area contributed by atoms with Crippen LogP contribution < -0.4 is 5.56 Å². The molecule has 0 amide bonds. The van der Waals surface area contributed by atoms with Gasteiger partial charge in [0.1, 0.15) is 5.82 Å². The molecule has 0 aliphatic rings. The van der Waals surface area contributed by atoms with Crippen molar-refractivity contribution in [2.24, 2.45) is 0 Å². The van der Waals surface area contributed by atoms with Crippen molar-refractivity contribution in [2.45, 2.75) is 27.3 Å². The number of benzene rings is 1. The zero-order chi connectivity index (χ0) is 15.0. The van der Waals surface area contributed by atoms with Gasteiger partial charge in [0.15, 0.2) is 0 Å². The monoisotopic (exact) mass is 280 g/mol. The molecule has 21 heavy (non-hydrogen) atoms. The Kier molecular flexibility index (Phi) is 3.25. The van der Waals surface area contributed by atoms with Crippen molar-refractivity contribution in [1.82, 2.24) is 19.5 Å².